The molecule has 2 aromatic rings. The summed E-state index contributed by atoms with van der Waals surface area (Å²) in [6.07, 6.45) is 1.70. The van der Waals surface area contributed by atoms with Gasteiger partial charge in [0.15, 0.2) is 0 Å². The van der Waals surface area contributed by atoms with E-state index in [2.05, 4.69) is 6.58 Å². The molecule has 0 spiro atoms. The molecule has 18 heavy (non-hydrogen) atoms. The summed E-state index contributed by atoms with van der Waals surface area (Å²) in [5.41, 5.74) is 1.86. The Morgan fingerprint density at radius 1 is 1.22 bits per heavy atom. The Morgan fingerprint density at radius 2 is 1.94 bits per heavy atom. The summed E-state index contributed by atoms with van der Waals surface area (Å²) in [5.74, 6) is 0.791. The second-order valence-corrected chi connectivity index (χ2v) is 3.93. The van der Waals surface area contributed by atoms with Crippen molar-refractivity contribution in [1.82, 2.24) is 4.57 Å². The van der Waals surface area contributed by atoms with Crippen molar-refractivity contribution in [2.24, 2.45) is 7.05 Å². The Hall–Kier alpha value is -2.29. The van der Waals surface area contributed by atoms with Gasteiger partial charge in [-0.05, 0) is 35.9 Å². The highest BCUT2D eigenvalue weighted by Gasteiger charge is 2.02. The lowest BCUT2D eigenvalue weighted by atomic mass is 10.1. The molecule has 0 N–H and O–H groups in total. The molecule has 0 unspecified atom stereocenters. The maximum Gasteiger partial charge on any atom is 0.250 e. The zero-order valence-corrected chi connectivity index (χ0v) is 10.3. The third kappa shape index (κ3) is 2.51. The van der Waals surface area contributed by atoms with Crippen molar-refractivity contribution >= 4 is 0 Å². The molecule has 1 aromatic heterocycles. The number of pyridine rings is 1. The zero-order valence-electron chi connectivity index (χ0n) is 10.3. The fourth-order valence-corrected chi connectivity index (χ4v) is 1.73. The number of hydrogen-bond donors (Lipinski definition) is 0. The molecule has 0 aliphatic rings. The first kappa shape index (κ1) is 12.2. The smallest absolute Gasteiger partial charge is 0.250 e. The van der Waals surface area contributed by atoms with Crippen LogP contribution in [0.3, 0.4) is 0 Å². The van der Waals surface area contributed by atoms with Gasteiger partial charge in [-0.1, -0.05) is 18.7 Å². The van der Waals surface area contributed by atoms with Gasteiger partial charge in [-0.15, -0.1) is 0 Å². The van der Waals surface area contributed by atoms with Gasteiger partial charge in [-0.25, -0.2) is 0 Å². The Balaban J connectivity index is 2.31. The number of ether oxygens (including phenoxy) is 1. The highest BCUT2D eigenvalue weighted by molar-refractivity contribution is 5.60. The van der Waals surface area contributed by atoms with Crippen molar-refractivity contribution in [2.45, 2.75) is 0 Å². The average Bonchev–Trinajstić information content (AvgIpc) is 2.40. The largest absolute Gasteiger partial charge is 0.490 e. The SMILES string of the molecule is C=CCOc1ccc(-c2cccc(=O)n2C)cc1. The van der Waals surface area contributed by atoms with Gasteiger partial charge in [-0.3, -0.25) is 4.79 Å². The fourth-order valence-electron chi connectivity index (χ4n) is 1.73. The van der Waals surface area contributed by atoms with E-state index in [0.717, 1.165) is 17.0 Å². The normalized spacial score (nSPS) is 10.1. The van der Waals surface area contributed by atoms with Gasteiger partial charge >= 0.3 is 0 Å². The Kier molecular flexibility index (Phi) is 3.63. The van der Waals surface area contributed by atoms with Gasteiger partial charge in [-0.2, -0.15) is 0 Å². The second kappa shape index (κ2) is 5.36. The van der Waals surface area contributed by atoms with Crippen LogP contribution < -0.4 is 10.3 Å². The van der Waals surface area contributed by atoms with Crippen LogP contribution in [0.5, 0.6) is 5.75 Å². The van der Waals surface area contributed by atoms with E-state index in [9.17, 15) is 4.79 Å². The first-order chi connectivity index (χ1) is 8.72. The molecule has 0 bridgehead atoms. The molecule has 0 atom stereocenters. The van der Waals surface area contributed by atoms with Gasteiger partial charge in [0, 0.05) is 13.1 Å². The molecule has 0 saturated heterocycles. The second-order valence-electron chi connectivity index (χ2n) is 3.93. The van der Waals surface area contributed by atoms with Crippen molar-refractivity contribution in [3.8, 4) is 17.0 Å². The van der Waals surface area contributed by atoms with Gasteiger partial charge < -0.3 is 9.30 Å². The van der Waals surface area contributed by atoms with E-state index in [1.54, 1.807) is 29.8 Å². The van der Waals surface area contributed by atoms with Crippen LogP contribution in [0, 0.1) is 0 Å². The molecule has 0 aliphatic carbocycles. The Morgan fingerprint density at radius 3 is 2.61 bits per heavy atom. The topological polar surface area (TPSA) is 31.2 Å². The Labute approximate surface area is 106 Å². The number of hydrogen-bond acceptors (Lipinski definition) is 2. The lowest BCUT2D eigenvalue weighted by Gasteiger charge is -2.08. The number of aromatic nitrogens is 1. The summed E-state index contributed by atoms with van der Waals surface area (Å²) in [4.78, 5) is 11.5. The van der Waals surface area contributed by atoms with Crippen molar-refractivity contribution in [2.75, 3.05) is 6.61 Å². The van der Waals surface area contributed by atoms with Gasteiger partial charge in [0.1, 0.15) is 12.4 Å². The van der Waals surface area contributed by atoms with E-state index < -0.39 is 0 Å². The maximum absolute atomic E-state index is 11.5. The molecule has 3 nitrogen and oxygen atoms in total. The quantitative estimate of drug-likeness (QED) is 0.770. The first-order valence-corrected chi connectivity index (χ1v) is 5.72. The highest BCUT2D eigenvalue weighted by atomic mass is 16.5. The summed E-state index contributed by atoms with van der Waals surface area (Å²) < 4.78 is 7.04. The van der Waals surface area contributed by atoms with E-state index >= 15 is 0 Å². The third-order valence-corrected chi connectivity index (χ3v) is 2.70. The van der Waals surface area contributed by atoms with Crippen molar-refractivity contribution < 1.29 is 4.74 Å². The van der Waals surface area contributed by atoms with Gasteiger partial charge in [0.2, 0.25) is 0 Å². The van der Waals surface area contributed by atoms with E-state index in [1.165, 1.54) is 0 Å². The molecular weight excluding hydrogens is 226 g/mol. The Bertz CT molecular complexity index is 597. The minimum atomic E-state index is -0.0144. The first-order valence-electron chi connectivity index (χ1n) is 5.72. The fraction of sp³-hybridized carbons (Fsp3) is 0.133. The van der Waals surface area contributed by atoms with E-state index in [1.807, 2.05) is 30.3 Å². The van der Waals surface area contributed by atoms with Crippen LogP contribution in [0.2, 0.25) is 0 Å². The minimum Gasteiger partial charge on any atom is -0.490 e. The molecule has 0 radical (unpaired) electrons. The molecule has 0 aliphatic heterocycles. The van der Waals surface area contributed by atoms with Crippen molar-refractivity contribution in [1.29, 1.82) is 0 Å². The minimum absolute atomic E-state index is 0.0144. The van der Waals surface area contributed by atoms with Gasteiger partial charge in [0.05, 0.1) is 5.69 Å². The number of nitrogens with zero attached hydrogens (tertiary/aromatic N) is 1. The number of benzene rings is 1. The van der Waals surface area contributed by atoms with Crippen LogP contribution in [-0.4, -0.2) is 11.2 Å². The van der Waals surface area contributed by atoms with E-state index in [-0.39, 0.29) is 5.56 Å². The molecule has 1 heterocycles. The van der Waals surface area contributed by atoms with Crippen molar-refractivity contribution in [3.63, 3.8) is 0 Å². The lowest BCUT2D eigenvalue weighted by molar-refractivity contribution is 0.363. The van der Waals surface area contributed by atoms with Crippen molar-refractivity contribution in [3.05, 3.63) is 65.5 Å². The predicted octanol–water partition coefficient (Wildman–Crippen LogP) is 2.62. The van der Waals surface area contributed by atoms with Crippen LogP contribution in [-0.2, 0) is 7.05 Å². The molecule has 0 amide bonds. The summed E-state index contributed by atoms with van der Waals surface area (Å²) >= 11 is 0. The van der Waals surface area contributed by atoms with E-state index in [4.69, 9.17) is 4.74 Å². The van der Waals surface area contributed by atoms with Crippen LogP contribution in [0.25, 0.3) is 11.3 Å². The van der Waals surface area contributed by atoms with E-state index in [0.29, 0.717) is 6.61 Å². The number of rotatable bonds is 4. The van der Waals surface area contributed by atoms with Gasteiger partial charge in [0.25, 0.3) is 5.56 Å². The molecule has 0 saturated carbocycles. The third-order valence-electron chi connectivity index (χ3n) is 2.70. The zero-order chi connectivity index (χ0) is 13.0. The van der Waals surface area contributed by atoms with Crippen LogP contribution in [0.4, 0.5) is 0 Å². The monoisotopic (exact) mass is 241 g/mol. The molecule has 92 valence electrons. The molecule has 3 heteroatoms. The molecular formula is C15H15NO2. The lowest BCUT2D eigenvalue weighted by Crippen LogP contribution is -2.16. The van der Waals surface area contributed by atoms with Crippen LogP contribution in [0.1, 0.15) is 0 Å². The summed E-state index contributed by atoms with van der Waals surface area (Å²) in [5, 5.41) is 0. The molecule has 2 rings (SSSR count). The van der Waals surface area contributed by atoms with Crippen LogP contribution >= 0.6 is 0 Å². The molecule has 0 fully saturated rings. The highest BCUT2D eigenvalue weighted by Crippen LogP contribution is 2.20. The summed E-state index contributed by atoms with van der Waals surface area (Å²) in [6, 6.07) is 12.9. The molecule has 1 aromatic carbocycles. The van der Waals surface area contributed by atoms with Crippen LogP contribution in [0.15, 0.2) is 59.9 Å². The predicted molar refractivity (Wildman–Crippen MR) is 72.8 cm³/mol. The average molecular weight is 241 g/mol. The summed E-state index contributed by atoms with van der Waals surface area (Å²) in [6.45, 7) is 4.09. The summed E-state index contributed by atoms with van der Waals surface area (Å²) in [7, 11) is 1.76. The standard InChI is InChI=1S/C15H15NO2/c1-3-11-18-13-9-7-12(8-10-13)14-5-4-6-15(17)16(14)2/h3-10H,1,11H2,2H3. The maximum atomic E-state index is 11.5.